The molecule has 0 saturated carbocycles. The lowest BCUT2D eigenvalue weighted by molar-refractivity contribution is -0.138. The molecule has 2 N–H and O–H groups in total. The van der Waals surface area contributed by atoms with E-state index in [0.717, 1.165) is 6.42 Å². The SMILES string of the molecule is CC(C)(C)CCNC(=O)N1CCS(=O)(=O)CC1CC(=O)O. The summed E-state index contributed by atoms with van der Waals surface area (Å²) in [5.74, 6) is -1.51. The first kappa shape index (κ1) is 17.7. The van der Waals surface area contributed by atoms with Gasteiger partial charge in [-0.05, 0) is 11.8 Å². The first-order valence-corrected chi connectivity index (χ1v) is 8.79. The molecule has 1 atom stereocenters. The highest BCUT2D eigenvalue weighted by Gasteiger charge is 2.35. The number of carboxylic acid groups (broad SMARTS) is 1. The van der Waals surface area contributed by atoms with Crippen molar-refractivity contribution in [2.75, 3.05) is 24.6 Å². The number of sulfone groups is 1. The standard InChI is InChI=1S/C13H24N2O5S/c1-13(2,3)4-5-14-12(18)15-6-7-21(19,20)9-10(15)8-11(16)17/h10H,4-9H2,1-3H3,(H,14,18)(H,16,17). The summed E-state index contributed by atoms with van der Waals surface area (Å²) in [7, 11) is -3.27. The average molecular weight is 320 g/mol. The summed E-state index contributed by atoms with van der Waals surface area (Å²) >= 11 is 0. The smallest absolute Gasteiger partial charge is 0.317 e. The lowest BCUT2D eigenvalue weighted by atomic mass is 9.92. The molecule has 1 heterocycles. The minimum atomic E-state index is -3.27. The van der Waals surface area contributed by atoms with Crippen LogP contribution in [0.5, 0.6) is 0 Å². The Morgan fingerprint density at radius 1 is 1.33 bits per heavy atom. The highest BCUT2D eigenvalue weighted by molar-refractivity contribution is 7.91. The third kappa shape index (κ3) is 6.33. The molecule has 0 aromatic rings. The molecule has 1 unspecified atom stereocenters. The Bertz CT molecular complexity index is 495. The molecule has 1 saturated heterocycles. The number of urea groups is 1. The topological polar surface area (TPSA) is 104 Å². The number of rotatable bonds is 4. The fraction of sp³-hybridized carbons (Fsp3) is 0.846. The van der Waals surface area contributed by atoms with Crippen LogP contribution < -0.4 is 5.32 Å². The predicted octanol–water partition coefficient (Wildman–Crippen LogP) is 0.706. The van der Waals surface area contributed by atoms with Gasteiger partial charge in [0.25, 0.3) is 0 Å². The highest BCUT2D eigenvalue weighted by Crippen LogP contribution is 2.18. The second-order valence-corrected chi connectivity index (χ2v) is 8.83. The summed E-state index contributed by atoms with van der Waals surface area (Å²) in [4.78, 5) is 24.3. The number of carboxylic acids is 1. The van der Waals surface area contributed by atoms with E-state index in [2.05, 4.69) is 26.1 Å². The predicted molar refractivity (Wildman–Crippen MR) is 78.9 cm³/mol. The van der Waals surface area contributed by atoms with Gasteiger partial charge in [-0.3, -0.25) is 4.79 Å². The lowest BCUT2D eigenvalue weighted by Gasteiger charge is -2.34. The molecule has 0 radical (unpaired) electrons. The molecule has 7 nitrogen and oxygen atoms in total. The highest BCUT2D eigenvalue weighted by atomic mass is 32.2. The molecule has 2 amide bonds. The molecule has 122 valence electrons. The number of nitrogens with one attached hydrogen (secondary N) is 1. The third-order valence-corrected chi connectivity index (χ3v) is 5.05. The number of hydrogen-bond acceptors (Lipinski definition) is 4. The molecular formula is C13H24N2O5S. The second-order valence-electron chi connectivity index (χ2n) is 6.60. The van der Waals surface area contributed by atoms with Gasteiger partial charge in [-0.15, -0.1) is 0 Å². The van der Waals surface area contributed by atoms with Gasteiger partial charge in [-0.2, -0.15) is 0 Å². The van der Waals surface area contributed by atoms with E-state index in [4.69, 9.17) is 5.11 Å². The zero-order valence-corrected chi connectivity index (χ0v) is 13.6. The summed E-state index contributed by atoms with van der Waals surface area (Å²) in [6, 6.07) is -1.18. The largest absolute Gasteiger partial charge is 0.481 e. The van der Waals surface area contributed by atoms with E-state index in [1.54, 1.807) is 0 Å². The van der Waals surface area contributed by atoms with Gasteiger partial charge in [0.15, 0.2) is 9.84 Å². The van der Waals surface area contributed by atoms with Gasteiger partial charge in [0.1, 0.15) is 0 Å². The lowest BCUT2D eigenvalue weighted by Crippen LogP contribution is -2.55. The average Bonchev–Trinajstić information content (AvgIpc) is 2.24. The molecule has 0 bridgehead atoms. The number of carbonyl (C=O) groups excluding carboxylic acids is 1. The van der Waals surface area contributed by atoms with Gasteiger partial charge in [0.2, 0.25) is 0 Å². The summed E-state index contributed by atoms with van der Waals surface area (Å²) in [6.07, 6.45) is 0.431. The van der Waals surface area contributed by atoms with Crippen LogP contribution >= 0.6 is 0 Å². The van der Waals surface area contributed by atoms with Crippen molar-refractivity contribution in [1.29, 1.82) is 0 Å². The van der Waals surface area contributed by atoms with E-state index >= 15 is 0 Å². The number of aliphatic carboxylic acids is 1. The van der Waals surface area contributed by atoms with E-state index in [-0.39, 0.29) is 35.9 Å². The number of carbonyl (C=O) groups is 2. The van der Waals surface area contributed by atoms with E-state index in [1.807, 2.05) is 0 Å². The Morgan fingerprint density at radius 2 is 1.95 bits per heavy atom. The normalized spacial score (nSPS) is 21.9. The van der Waals surface area contributed by atoms with Crippen molar-refractivity contribution in [2.45, 2.75) is 39.7 Å². The molecule has 0 aliphatic carbocycles. The van der Waals surface area contributed by atoms with Gasteiger partial charge in [-0.25, -0.2) is 13.2 Å². The van der Waals surface area contributed by atoms with Gasteiger partial charge >= 0.3 is 12.0 Å². The van der Waals surface area contributed by atoms with E-state index in [9.17, 15) is 18.0 Å². The Kier molecular flexibility index (Phi) is 5.61. The first-order valence-electron chi connectivity index (χ1n) is 6.97. The van der Waals surface area contributed by atoms with Gasteiger partial charge < -0.3 is 15.3 Å². The Labute approximate surface area is 125 Å². The van der Waals surface area contributed by atoms with Crippen LogP contribution in [0.3, 0.4) is 0 Å². The maximum absolute atomic E-state index is 12.1. The quantitative estimate of drug-likeness (QED) is 0.794. The van der Waals surface area contributed by atoms with Crippen LogP contribution in [0, 0.1) is 5.41 Å². The van der Waals surface area contributed by atoms with Crippen LogP contribution in [0.25, 0.3) is 0 Å². The second kappa shape index (κ2) is 6.64. The summed E-state index contributed by atoms with van der Waals surface area (Å²) in [6.45, 7) is 6.69. The number of hydrogen-bond donors (Lipinski definition) is 2. The summed E-state index contributed by atoms with van der Waals surface area (Å²) in [5.41, 5.74) is 0.0823. The van der Waals surface area contributed by atoms with E-state index in [1.165, 1.54) is 4.90 Å². The molecule has 1 rings (SSSR count). The molecule has 1 aliphatic heterocycles. The fourth-order valence-corrected chi connectivity index (χ4v) is 3.70. The number of nitrogens with zero attached hydrogens (tertiary/aromatic N) is 1. The zero-order chi connectivity index (χ0) is 16.3. The Morgan fingerprint density at radius 3 is 2.48 bits per heavy atom. The zero-order valence-electron chi connectivity index (χ0n) is 12.8. The fourth-order valence-electron chi connectivity index (χ4n) is 2.17. The summed E-state index contributed by atoms with van der Waals surface area (Å²) < 4.78 is 23.2. The van der Waals surface area contributed by atoms with Crippen molar-refractivity contribution >= 4 is 21.8 Å². The van der Waals surface area contributed by atoms with Crippen LogP contribution in [0.2, 0.25) is 0 Å². The molecular weight excluding hydrogens is 296 g/mol. The minimum absolute atomic E-state index is 0.0433. The molecule has 0 spiro atoms. The number of amides is 2. The van der Waals surface area contributed by atoms with Crippen LogP contribution in [-0.2, 0) is 14.6 Å². The van der Waals surface area contributed by atoms with Crippen LogP contribution in [0.4, 0.5) is 4.79 Å². The van der Waals surface area contributed by atoms with Crippen molar-refractivity contribution in [3.05, 3.63) is 0 Å². The Balaban J connectivity index is 2.65. The first-order chi connectivity index (χ1) is 9.50. The van der Waals surface area contributed by atoms with Crippen molar-refractivity contribution in [1.82, 2.24) is 10.2 Å². The van der Waals surface area contributed by atoms with Crippen LogP contribution in [0.1, 0.15) is 33.6 Å². The molecule has 1 aliphatic rings. The molecule has 0 aromatic heterocycles. The Hall–Kier alpha value is -1.31. The maximum Gasteiger partial charge on any atom is 0.317 e. The molecule has 21 heavy (non-hydrogen) atoms. The van der Waals surface area contributed by atoms with Crippen molar-refractivity contribution in [3.63, 3.8) is 0 Å². The monoisotopic (exact) mass is 320 g/mol. The van der Waals surface area contributed by atoms with Gasteiger partial charge in [0.05, 0.1) is 24.0 Å². The van der Waals surface area contributed by atoms with Gasteiger partial charge in [0, 0.05) is 13.1 Å². The van der Waals surface area contributed by atoms with Gasteiger partial charge in [-0.1, -0.05) is 20.8 Å². The third-order valence-electron chi connectivity index (χ3n) is 3.35. The van der Waals surface area contributed by atoms with Crippen molar-refractivity contribution in [3.8, 4) is 0 Å². The minimum Gasteiger partial charge on any atom is -0.481 e. The van der Waals surface area contributed by atoms with Crippen LogP contribution in [-0.4, -0.2) is 61.1 Å². The maximum atomic E-state index is 12.1. The van der Waals surface area contributed by atoms with Crippen LogP contribution in [0.15, 0.2) is 0 Å². The van der Waals surface area contributed by atoms with E-state index < -0.39 is 21.8 Å². The molecule has 1 fully saturated rings. The molecule has 0 aromatic carbocycles. The van der Waals surface area contributed by atoms with E-state index in [0.29, 0.717) is 6.54 Å². The molecule has 8 heteroatoms. The summed E-state index contributed by atoms with van der Waals surface area (Å²) in [5, 5.41) is 11.6. The van der Waals surface area contributed by atoms with Crippen molar-refractivity contribution in [2.24, 2.45) is 5.41 Å². The van der Waals surface area contributed by atoms with Crippen molar-refractivity contribution < 1.29 is 23.1 Å².